The van der Waals surface area contributed by atoms with Gasteiger partial charge in [-0.15, -0.1) is 10.2 Å². The third-order valence-corrected chi connectivity index (χ3v) is 3.21. The second kappa shape index (κ2) is 5.66. The van der Waals surface area contributed by atoms with Crippen LogP contribution in [0.2, 0.25) is 0 Å². The predicted molar refractivity (Wildman–Crippen MR) is 57.2 cm³/mol. The molecule has 0 aliphatic carbocycles. The van der Waals surface area contributed by atoms with E-state index in [2.05, 4.69) is 15.5 Å². The smallest absolute Gasteiger partial charge is 0.303 e. The van der Waals surface area contributed by atoms with Crippen molar-refractivity contribution in [3.05, 3.63) is 0 Å². The Morgan fingerprint density at radius 2 is 2.20 bits per heavy atom. The van der Waals surface area contributed by atoms with E-state index in [9.17, 15) is 9.59 Å². The Morgan fingerprint density at radius 1 is 1.47 bits per heavy atom. The largest absolute Gasteiger partial charge is 0.481 e. The molecule has 82 valence electrons. The first-order chi connectivity index (χ1) is 7.11. The highest BCUT2D eigenvalue weighted by molar-refractivity contribution is 8.00. The molecule has 0 spiro atoms. The van der Waals surface area contributed by atoms with Gasteiger partial charge < -0.3 is 10.4 Å². The van der Waals surface area contributed by atoms with Gasteiger partial charge in [0.25, 0.3) is 0 Å². The van der Waals surface area contributed by atoms with Crippen LogP contribution in [0.25, 0.3) is 0 Å². The highest BCUT2D eigenvalue weighted by atomic mass is 32.2. The van der Waals surface area contributed by atoms with Gasteiger partial charge in [0.05, 0.1) is 6.42 Å². The summed E-state index contributed by atoms with van der Waals surface area (Å²) in [6.07, 6.45) is 1.63. The van der Waals surface area contributed by atoms with Crippen LogP contribution in [0.5, 0.6) is 0 Å². The van der Waals surface area contributed by atoms with Crippen LogP contribution >= 0.6 is 23.1 Å². The van der Waals surface area contributed by atoms with Crippen molar-refractivity contribution in [2.45, 2.75) is 17.2 Å². The normalized spacial score (nSPS) is 9.93. The second-order valence-corrected chi connectivity index (χ2v) is 4.55. The summed E-state index contributed by atoms with van der Waals surface area (Å²) in [6.45, 7) is 0. The number of amides is 1. The Kier molecular flexibility index (Phi) is 4.50. The summed E-state index contributed by atoms with van der Waals surface area (Å²) in [4.78, 5) is 21.4. The molecular weight excluding hydrogens is 238 g/mol. The SMILES string of the molecule is CSc1nnc(NC(=O)CCC(=O)O)s1. The quantitative estimate of drug-likeness (QED) is 0.597. The molecule has 0 bridgehead atoms. The predicted octanol–water partition coefficient (Wildman–Crippen LogP) is 1.06. The summed E-state index contributed by atoms with van der Waals surface area (Å²) in [5.41, 5.74) is 0. The zero-order valence-corrected chi connectivity index (χ0v) is 9.52. The molecular formula is C7H9N3O3S2. The van der Waals surface area contributed by atoms with E-state index in [1.165, 1.54) is 23.1 Å². The first kappa shape index (κ1) is 11.9. The summed E-state index contributed by atoms with van der Waals surface area (Å²) in [5, 5.41) is 18.7. The second-order valence-electron chi connectivity index (χ2n) is 2.52. The minimum absolute atomic E-state index is 0.0521. The number of hydrogen-bond acceptors (Lipinski definition) is 6. The number of aliphatic carboxylic acids is 1. The number of carbonyl (C=O) groups excluding carboxylic acids is 1. The summed E-state index contributed by atoms with van der Waals surface area (Å²) in [5.74, 6) is -1.35. The molecule has 0 saturated heterocycles. The molecule has 0 aliphatic rings. The number of carboxylic acid groups (broad SMARTS) is 1. The van der Waals surface area contributed by atoms with E-state index >= 15 is 0 Å². The van der Waals surface area contributed by atoms with Crippen molar-refractivity contribution in [2.24, 2.45) is 0 Å². The number of hydrogen-bond donors (Lipinski definition) is 2. The minimum atomic E-state index is -0.993. The average molecular weight is 247 g/mol. The van der Waals surface area contributed by atoms with E-state index in [1.54, 1.807) is 0 Å². The van der Waals surface area contributed by atoms with Crippen molar-refractivity contribution < 1.29 is 14.7 Å². The lowest BCUT2D eigenvalue weighted by atomic mass is 10.3. The van der Waals surface area contributed by atoms with Crippen molar-refractivity contribution in [1.82, 2.24) is 10.2 Å². The van der Waals surface area contributed by atoms with Crippen molar-refractivity contribution in [1.29, 1.82) is 0 Å². The fraction of sp³-hybridized carbons (Fsp3) is 0.429. The minimum Gasteiger partial charge on any atom is -0.481 e. The van der Waals surface area contributed by atoms with Crippen LogP contribution < -0.4 is 5.32 Å². The van der Waals surface area contributed by atoms with Gasteiger partial charge in [0.2, 0.25) is 11.0 Å². The lowest BCUT2D eigenvalue weighted by Gasteiger charge is -1.97. The molecule has 0 radical (unpaired) electrons. The Hall–Kier alpha value is -1.15. The third-order valence-electron chi connectivity index (χ3n) is 1.39. The maximum Gasteiger partial charge on any atom is 0.303 e. The van der Waals surface area contributed by atoms with Crippen LogP contribution in [0.3, 0.4) is 0 Å². The van der Waals surface area contributed by atoms with E-state index in [0.29, 0.717) is 5.13 Å². The molecule has 6 nitrogen and oxygen atoms in total. The van der Waals surface area contributed by atoms with Crippen molar-refractivity contribution >= 4 is 40.1 Å². The van der Waals surface area contributed by atoms with Gasteiger partial charge in [0.15, 0.2) is 4.34 Å². The molecule has 0 atom stereocenters. The maximum atomic E-state index is 11.2. The summed E-state index contributed by atoms with van der Waals surface area (Å²) >= 11 is 2.69. The Balaban J connectivity index is 2.40. The maximum absolute atomic E-state index is 11.2. The molecule has 1 rings (SSSR count). The average Bonchev–Trinajstić information content (AvgIpc) is 2.62. The van der Waals surface area contributed by atoms with Crippen molar-refractivity contribution in [3.8, 4) is 0 Å². The first-order valence-electron chi connectivity index (χ1n) is 4.01. The van der Waals surface area contributed by atoms with Gasteiger partial charge in [-0.05, 0) is 6.26 Å². The third kappa shape index (κ3) is 4.26. The van der Waals surface area contributed by atoms with Gasteiger partial charge in [-0.2, -0.15) is 0 Å². The number of anilines is 1. The summed E-state index contributed by atoms with van der Waals surface area (Å²) < 4.78 is 0.753. The molecule has 0 aromatic carbocycles. The fourth-order valence-electron chi connectivity index (χ4n) is 0.745. The van der Waals surface area contributed by atoms with Gasteiger partial charge in [0, 0.05) is 6.42 Å². The van der Waals surface area contributed by atoms with E-state index in [4.69, 9.17) is 5.11 Å². The number of nitrogens with one attached hydrogen (secondary N) is 1. The molecule has 1 aromatic heterocycles. The fourth-order valence-corrected chi connectivity index (χ4v) is 1.93. The lowest BCUT2D eigenvalue weighted by Crippen LogP contribution is -2.12. The number of nitrogens with zero attached hydrogens (tertiary/aromatic N) is 2. The van der Waals surface area contributed by atoms with Gasteiger partial charge in [0.1, 0.15) is 0 Å². The summed E-state index contributed by atoms with van der Waals surface area (Å²) in [7, 11) is 0. The number of rotatable bonds is 5. The Morgan fingerprint density at radius 3 is 2.73 bits per heavy atom. The van der Waals surface area contributed by atoms with Gasteiger partial charge in [-0.25, -0.2) is 0 Å². The van der Waals surface area contributed by atoms with Crippen LogP contribution in [0.15, 0.2) is 4.34 Å². The monoisotopic (exact) mass is 247 g/mol. The standard InChI is InChI=1S/C7H9N3O3S2/c1-14-7-10-9-6(15-7)8-4(11)2-3-5(12)13/h2-3H2,1H3,(H,12,13)(H,8,9,11). The number of aromatic nitrogens is 2. The highest BCUT2D eigenvalue weighted by Gasteiger charge is 2.09. The van der Waals surface area contributed by atoms with E-state index in [-0.39, 0.29) is 18.7 Å². The summed E-state index contributed by atoms with van der Waals surface area (Å²) in [6, 6.07) is 0. The molecule has 8 heteroatoms. The molecule has 0 saturated carbocycles. The van der Waals surface area contributed by atoms with Crippen LogP contribution in [0, 0.1) is 0 Å². The van der Waals surface area contributed by atoms with Gasteiger partial charge in [-0.1, -0.05) is 23.1 Å². The lowest BCUT2D eigenvalue weighted by molar-refractivity contribution is -0.138. The molecule has 2 N–H and O–H groups in total. The Bertz CT molecular complexity index is 366. The number of carbonyl (C=O) groups is 2. The molecule has 0 unspecified atom stereocenters. The molecule has 15 heavy (non-hydrogen) atoms. The van der Waals surface area contributed by atoms with Crippen LogP contribution in [-0.2, 0) is 9.59 Å². The number of thioether (sulfide) groups is 1. The van der Waals surface area contributed by atoms with Gasteiger partial charge in [-0.3, -0.25) is 9.59 Å². The van der Waals surface area contributed by atoms with E-state index in [0.717, 1.165) is 4.34 Å². The zero-order chi connectivity index (χ0) is 11.3. The van der Waals surface area contributed by atoms with Crippen LogP contribution in [0.1, 0.15) is 12.8 Å². The van der Waals surface area contributed by atoms with Crippen LogP contribution in [0.4, 0.5) is 5.13 Å². The van der Waals surface area contributed by atoms with Crippen molar-refractivity contribution in [3.63, 3.8) is 0 Å². The van der Waals surface area contributed by atoms with E-state index < -0.39 is 5.97 Å². The molecule has 1 aromatic rings. The first-order valence-corrected chi connectivity index (χ1v) is 6.05. The number of carboxylic acids is 1. The highest BCUT2D eigenvalue weighted by Crippen LogP contribution is 2.23. The molecule has 1 heterocycles. The van der Waals surface area contributed by atoms with Crippen LogP contribution in [-0.4, -0.2) is 33.4 Å². The van der Waals surface area contributed by atoms with E-state index in [1.807, 2.05) is 6.26 Å². The van der Waals surface area contributed by atoms with Gasteiger partial charge >= 0.3 is 5.97 Å². The van der Waals surface area contributed by atoms with Crippen molar-refractivity contribution in [2.75, 3.05) is 11.6 Å². The topological polar surface area (TPSA) is 92.2 Å². The zero-order valence-electron chi connectivity index (χ0n) is 7.89. The molecule has 1 amide bonds. The molecule has 0 aliphatic heterocycles. The molecule has 0 fully saturated rings. The Labute approximate surface area is 94.1 Å².